The highest BCUT2D eigenvalue weighted by Crippen LogP contribution is 2.34. The normalized spacial score (nSPS) is 10.6. The molecule has 2 aromatic heterocycles. The third-order valence-corrected chi connectivity index (χ3v) is 4.92. The summed E-state index contributed by atoms with van der Waals surface area (Å²) in [6, 6.07) is 22.0. The SMILES string of the molecule is Nc1c(NC(=O)NCCc2ccccn2)c(-c2ccc(Cl)cc2)nn1-c1ccccc1. The molecule has 0 saturated carbocycles. The number of nitrogens with zero attached hydrogens (tertiary/aromatic N) is 3. The lowest BCUT2D eigenvalue weighted by Gasteiger charge is -2.09. The van der Waals surface area contributed by atoms with Gasteiger partial charge in [-0.05, 0) is 36.4 Å². The van der Waals surface area contributed by atoms with Crippen molar-refractivity contribution in [3.8, 4) is 16.9 Å². The van der Waals surface area contributed by atoms with Crippen LogP contribution in [0.2, 0.25) is 5.02 Å². The van der Waals surface area contributed by atoms with Gasteiger partial charge in [0.25, 0.3) is 0 Å². The highest BCUT2D eigenvalue weighted by molar-refractivity contribution is 6.30. The lowest BCUT2D eigenvalue weighted by molar-refractivity contribution is 0.252. The van der Waals surface area contributed by atoms with Crippen molar-refractivity contribution in [3.63, 3.8) is 0 Å². The molecule has 0 aliphatic rings. The molecule has 156 valence electrons. The Morgan fingerprint density at radius 2 is 1.74 bits per heavy atom. The molecule has 0 spiro atoms. The van der Waals surface area contributed by atoms with Gasteiger partial charge in [0.15, 0.2) is 5.82 Å². The maximum Gasteiger partial charge on any atom is 0.319 e. The summed E-state index contributed by atoms with van der Waals surface area (Å²) in [5.74, 6) is 0.330. The number of anilines is 2. The van der Waals surface area contributed by atoms with Crippen LogP contribution in [0.15, 0.2) is 79.0 Å². The number of para-hydroxylation sites is 1. The van der Waals surface area contributed by atoms with Crippen LogP contribution >= 0.6 is 11.6 Å². The first-order valence-electron chi connectivity index (χ1n) is 9.76. The van der Waals surface area contributed by atoms with Crippen LogP contribution in [-0.2, 0) is 6.42 Å². The fraction of sp³-hybridized carbons (Fsp3) is 0.0870. The minimum absolute atomic E-state index is 0.330. The van der Waals surface area contributed by atoms with Crippen LogP contribution in [0.5, 0.6) is 0 Å². The van der Waals surface area contributed by atoms with Crippen molar-refractivity contribution in [2.24, 2.45) is 0 Å². The van der Waals surface area contributed by atoms with E-state index in [0.29, 0.717) is 35.2 Å². The Morgan fingerprint density at radius 3 is 2.45 bits per heavy atom. The second-order valence-corrected chi connectivity index (χ2v) is 7.25. The molecule has 0 aliphatic heterocycles. The molecule has 4 aromatic rings. The highest BCUT2D eigenvalue weighted by atomic mass is 35.5. The molecule has 0 unspecified atom stereocenters. The summed E-state index contributed by atoms with van der Waals surface area (Å²) >= 11 is 6.03. The molecule has 31 heavy (non-hydrogen) atoms. The second-order valence-electron chi connectivity index (χ2n) is 6.82. The number of nitrogens with one attached hydrogen (secondary N) is 2. The summed E-state index contributed by atoms with van der Waals surface area (Å²) in [6.45, 7) is 0.436. The van der Waals surface area contributed by atoms with Crippen LogP contribution in [0.1, 0.15) is 5.69 Å². The molecule has 4 N–H and O–H groups in total. The van der Waals surface area contributed by atoms with Gasteiger partial charge in [-0.2, -0.15) is 5.10 Å². The predicted molar refractivity (Wildman–Crippen MR) is 123 cm³/mol. The molecule has 2 heterocycles. The third-order valence-electron chi connectivity index (χ3n) is 4.67. The van der Waals surface area contributed by atoms with Gasteiger partial charge in [-0.1, -0.05) is 48.0 Å². The van der Waals surface area contributed by atoms with E-state index in [-0.39, 0.29) is 6.03 Å². The summed E-state index contributed by atoms with van der Waals surface area (Å²) in [4.78, 5) is 16.8. The van der Waals surface area contributed by atoms with Gasteiger partial charge in [0.2, 0.25) is 0 Å². The van der Waals surface area contributed by atoms with E-state index in [2.05, 4.69) is 20.7 Å². The monoisotopic (exact) mass is 432 g/mol. The molecule has 0 aliphatic carbocycles. The molecule has 2 amide bonds. The number of rotatable bonds is 6. The molecule has 4 rings (SSSR count). The first kappa shape index (κ1) is 20.4. The molecule has 7 nitrogen and oxygen atoms in total. The molecular weight excluding hydrogens is 412 g/mol. The van der Waals surface area contributed by atoms with Crippen LogP contribution in [0, 0.1) is 0 Å². The van der Waals surface area contributed by atoms with E-state index >= 15 is 0 Å². The van der Waals surface area contributed by atoms with E-state index in [9.17, 15) is 4.79 Å². The van der Waals surface area contributed by atoms with Crippen LogP contribution < -0.4 is 16.4 Å². The number of amides is 2. The van der Waals surface area contributed by atoms with Crippen molar-refractivity contribution in [1.29, 1.82) is 0 Å². The Balaban J connectivity index is 1.58. The lowest BCUT2D eigenvalue weighted by Crippen LogP contribution is -2.31. The topological polar surface area (TPSA) is 97.9 Å². The molecule has 0 atom stereocenters. The molecule has 2 aromatic carbocycles. The number of hydrogen-bond donors (Lipinski definition) is 3. The van der Waals surface area contributed by atoms with Crippen molar-refractivity contribution in [2.75, 3.05) is 17.6 Å². The molecule has 8 heteroatoms. The maximum atomic E-state index is 12.6. The van der Waals surface area contributed by atoms with Gasteiger partial charge in [-0.3, -0.25) is 4.98 Å². The third kappa shape index (κ3) is 4.84. The average molecular weight is 433 g/mol. The number of nitrogens with two attached hydrogens (primary N) is 1. The van der Waals surface area contributed by atoms with Crippen LogP contribution in [0.3, 0.4) is 0 Å². The first-order valence-corrected chi connectivity index (χ1v) is 10.1. The fourth-order valence-electron chi connectivity index (χ4n) is 3.14. The Labute approximate surface area is 184 Å². The van der Waals surface area contributed by atoms with Crippen molar-refractivity contribution in [3.05, 3.63) is 89.7 Å². The number of halogens is 1. The smallest absolute Gasteiger partial charge is 0.319 e. The molecular formula is C23H21ClN6O. The summed E-state index contributed by atoms with van der Waals surface area (Å²) in [5.41, 5.74) is 9.86. The van der Waals surface area contributed by atoms with Gasteiger partial charge < -0.3 is 16.4 Å². The number of carbonyl (C=O) groups excluding carboxylic acids is 1. The number of hydrogen-bond acceptors (Lipinski definition) is 4. The fourth-order valence-corrected chi connectivity index (χ4v) is 3.26. The van der Waals surface area contributed by atoms with Crippen LogP contribution in [0.25, 0.3) is 16.9 Å². The number of carbonyl (C=O) groups is 1. The largest absolute Gasteiger partial charge is 0.382 e. The Kier molecular flexibility index (Phi) is 6.14. The zero-order valence-corrected chi connectivity index (χ0v) is 17.4. The van der Waals surface area contributed by atoms with Gasteiger partial charge in [-0.15, -0.1) is 0 Å². The van der Waals surface area contributed by atoms with Crippen LogP contribution in [0.4, 0.5) is 16.3 Å². The van der Waals surface area contributed by atoms with Crippen LogP contribution in [-0.4, -0.2) is 27.3 Å². The van der Waals surface area contributed by atoms with Gasteiger partial charge >= 0.3 is 6.03 Å². The van der Waals surface area contributed by atoms with E-state index in [1.807, 2.05) is 60.7 Å². The minimum Gasteiger partial charge on any atom is -0.382 e. The standard InChI is InChI=1S/C23H21ClN6O/c24-17-11-9-16(10-12-17)20-21(22(25)30(29-20)19-7-2-1-3-8-19)28-23(31)27-15-13-18-6-4-5-14-26-18/h1-12,14H,13,15,25H2,(H2,27,28,31). The van der Waals surface area contributed by atoms with Crippen molar-refractivity contribution in [1.82, 2.24) is 20.1 Å². The van der Waals surface area contributed by atoms with Gasteiger partial charge in [-0.25, -0.2) is 9.48 Å². The zero-order valence-electron chi connectivity index (χ0n) is 16.6. The van der Waals surface area contributed by atoms with Gasteiger partial charge in [0.1, 0.15) is 11.4 Å². The number of benzene rings is 2. The average Bonchev–Trinajstić information content (AvgIpc) is 3.12. The van der Waals surface area contributed by atoms with Gasteiger partial charge in [0.05, 0.1) is 5.69 Å². The van der Waals surface area contributed by atoms with Gasteiger partial charge in [0, 0.05) is 35.4 Å². The lowest BCUT2D eigenvalue weighted by atomic mass is 10.1. The molecule has 0 radical (unpaired) electrons. The van der Waals surface area contributed by atoms with Crippen molar-refractivity contribution in [2.45, 2.75) is 6.42 Å². The molecule has 0 fully saturated rings. The van der Waals surface area contributed by atoms with Crippen molar-refractivity contribution < 1.29 is 4.79 Å². The Hall–Kier alpha value is -3.84. The Morgan fingerprint density at radius 1 is 1.00 bits per heavy atom. The summed E-state index contributed by atoms with van der Waals surface area (Å²) in [6.07, 6.45) is 2.35. The second kappa shape index (κ2) is 9.32. The predicted octanol–water partition coefficient (Wildman–Crippen LogP) is 4.53. The van der Waals surface area contributed by atoms with E-state index in [1.165, 1.54) is 0 Å². The van der Waals surface area contributed by atoms with Crippen molar-refractivity contribution >= 4 is 29.1 Å². The van der Waals surface area contributed by atoms with E-state index < -0.39 is 0 Å². The number of urea groups is 1. The summed E-state index contributed by atoms with van der Waals surface area (Å²) in [7, 11) is 0. The van der Waals surface area contributed by atoms with E-state index in [4.69, 9.17) is 17.3 Å². The maximum absolute atomic E-state index is 12.6. The number of nitrogen functional groups attached to an aromatic ring is 1. The summed E-state index contributed by atoms with van der Waals surface area (Å²) < 4.78 is 1.60. The zero-order chi connectivity index (χ0) is 21.6. The number of pyridine rings is 1. The van der Waals surface area contributed by atoms with E-state index in [0.717, 1.165) is 16.9 Å². The molecule has 0 saturated heterocycles. The summed E-state index contributed by atoms with van der Waals surface area (Å²) in [5, 5.41) is 11.0. The quantitative estimate of drug-likeness (QED) is 0.416. The number of aromatic nitrogens is 3. The first-order chi connectivity index (χ1) is 15.1. The van der Waals surface area contributed by atoms with E-state index in [1.54, 1.807) is 23.0 Å². The molecule has 0 bridgehead atoms. The highest BCUT2D eigenvalue weighted by Gasteiger charge is 2.20. The Bertz CT molecular complexity index is 1160. The minimum atomic E-state index is -0.370.